The van der Waals surface area contributed by atoms with Gasteiger partial charge in [0, 0.05) is 10.6 Å². The number of fused-ring (bicyclic) bond motifs is 1. The quantitative estimate of drug-likeness (QED) is 0.872. The average molecular weight is 307 g/mol. The molecule has 1 aromatic rings. The molecular weight excluding hydrogens is 286 g/mol. The van der Waals surface area contributed by atoms with E-state index < -0.39 is 17.6 Å². The van der Waals surface area contributed by atoms with Crippen LogP contribution in [0.3, 0.4) is 0 Å². The number of carbonyl (C=O) groups is 2. The molecule has 1 N–H and O–H groups in total. The first-order valence-electron chi connectivity index (χ1n) is 7.03. The third-order valence-electron chi connectivity index (χ3n) is 3.14. The molecule has 2 atom stereocenters. The number of amides is 1. The molecule has 0 aliphatic carbocycles. The van der Waals surface area contributed by atoms with Crippen LogP contribution in [0.15, 0.2) is 29.2 Å². The first-order chi connectivity index (χ1) is 9.78. The van der Waals surface area contributed by atoms with Crippen molar-refractivity contribution >= 4 is 23.6 Å². The minimum absolute atomic E-state index is 0.120. The van der Waals surface area contributed by atoms with Crippen molar-refractivity contribution in [1.82, 2.24) is 5.32 Å². The van der Waals surface area contributed by atoms with Crippen molar-refractivity contribution in [1.29, 1.82) is 0 Å². The lowest BCUT2D eigenvalue weighted by Crippen LogP contribution is -2.44. The number of nitrogens with one attached hydrogen (secondary N) is 1. The van der Waals surface area contributed by atoms with E-state index in [0.717, 1.165) is 10.5 Å². The van der Waals surface area contributed by atoms with Crippen LogP contribution in [0.4, 0.5) is 0 Å². The van der Waals surface area contributed by atoms with E-state index in [1.807, 2.05) is 45.0 Å². The number of esters is 1. The largest absolute Gasteiger partial charge is 0.458 e. The Balaban J connectivity index is 1.98. The summed E-state index contributed by atoms with van der Waals surface area (Å²) in [4.78, 5) is 25.4. The van der Waals surface area contributed by atoms with Crippen LogP contribution in [0, 0.1) is 0 Å². The Morgan fingerprint density at radius 2 is 2.00 bits per heavy atom. The van der Waals surface area contributed by atoms with Crippen molar-refractivity contribution in [3.8, 4) is 0 Å². The molecule has 1 unspecified atom stereocenters. The molecule has 1 heterocycles. The van der Waals surface area contributed by atoms with Gasteiger partial charge in [-0.3, -0.25) is 4.79 Å². The summed E-state index contributed by atoms with van der Waals surface area (Å²) in [5.41, 5.74) is 0.489. The summed E-state index contributed by atoms with van der Waals surface area (Å²) in [6.07, 6.45) is 0. The molecule has 0 aromatic heterocycles. The van der Waals surface area contributed by atoms with Gasteiger partial charge in [-0.05, 0) is 39.3 Å². The second-order valence-corrected chi connectivity index (χ2v) is 7.23. The van der Waals surface area contributed by atoms with Crippen molar-refractivity contribution in [3.63, 3.8) is 0 Å². The van der Waals surface area contributed by atoms with Gasteiger partial charge >= 0.3 is 5.97 Å². The van der Waals surface area contributed by atoms with Crippen LogP contribution >= 0.6 is 11.8 Å². The summed E-state index contributed by atoms with van der Waals surface area (Å²) in [7, 11) is 0. The van der Waals surface area contributed by atoms with Crippen molar-refractivity contribution < 1.29 is 14.3 Å². The highest BCUT2D eigenvalue weighted by Crippen LogP contribution is 2.39. The zero-order valence-corrected chi connectivity index (χ0v) is 13.6. The normalized spacial score (nSPS) is 18.8. The van der Waals surface area contributed by atoms with Gasteiger partial charge in [-0.25, -0.2) is 4.79 Å². The SMILES string of the molecule is C[C@H](NC(=O)C1CSc2ccccc21)C(=O)OC(C)(C)C. The van der Waals surface area contributed by atoms with Gasteiger partial charge in [0.15, 0.2) is 0 Å². The van der Waals surface area contributed by atoms with Crippen molar-refractivity contribution in [3.05, 3.63) is 29.8 Å². The second kappa shape index (κ2) is 6.10. The van der Waals surface area contributed by atoms with E-state index in [-0.39, 0.29) is 11.8 Å². The van der Waals surface area contributed by atoms with Crippen LogP contribution in [-0.2, 0) is 14.3 Å². The third-order valence-corrected chi connectivity index (χ3v) is 4.32. The number of hydrogen-bond acceptors (Lipinski definition) is 4. The maximum Gasteiger partial charge on any atom is 0.328 e. The van der Waals surface area contributed by atoms with Crippen LogP contribution in [0.5, 0.6) is 0 Å². The fraction of sp³-hybridized carbons (Fsp3) is 0.500. The molecule has 0 fully saturated rings. The van der Waals surface area contributed by atoms with Gasteiger partial charge in [0.25, 0.3) is 0 Å². The zero-order valence-electron chi connectivity index (χ0n) is 12.8. The van der Waals surface area contributed by atoms with E-state index in [1.165, 1.54) is 0 Å². The minimum atomic E-state index is -0.644. The number of ether oxygens (including phenoxy) is 1. The number of benzene rings is 1. The lowest BCUT2D eigenvalue weighted by Gasteiger charge is -2.23. The number of hydrogen-bond donors (Lipinski definition) is 1. The van der Waals surface area contributed by atoms with Crippen LogP contribution in [-0.4, -0.2) is 29.3 Å². The number of carbonyl (C=O) groups excluding carboxylic acids is 2. The molecule has 1 aliphatic heterocycles. The van der Waals surface area contributed by atoms with Gasteiger partial charge in [0.2, 0.25) is 5.91 Å². The Labute approximate surface area is 129 Å². The predicted octanol–water partition coefficient (Wildman–Crippen LogP) is 2.72. The lowest BCUT2D eigenvalue weighted by atomic mass is 10.0. The van der Waals surface area contributed by atoms with Crippen molar-refractivity contribution in [2.45, 2.75) is 50.2 Å². The standard InChI is InChI=1S/C16H21NO3S/c1-10(15(19)20-16(2,3)4)17-14(18)12-9-21-13-8-6-5-7-11(12)13/h5-8,10,12H,9H2,1-4H3,(H,17,18)/t10-,12?/m0/s1. The Bertz CT molecular complexity index is 551. The van der Waals surface area contributed by atoms with Crippen LogP contribution in [0.1, 0.15) is 39.2 Å². The highest BCUT2D eigenvalue weighted by molar-refractivity contribution is 7.99. The Morgan fingerprint density at radius 3 is 2.67 bits per heavy atom. The minimum Gasteiger partial charge on any atom is -0.458 e. The van der Waals surface area contributed by atoms with E-state index in [9.17, 15) is 9.59 Å². The molecule has 0 radical (unpaired) electrons. The molecule has 0 saturated heterocycles. The summed E-state index contributed by atoms with van der Waals surface area (Å²) >= 11 is 1.67. The molecule has 114 valence electrons. The monoisotopic (exact) mass is 307 g/mol. The van der Waals surface area contributed by atoms with E-state index >= 15 is 0 Å². The molecular formula is C16H21NO3S. The predicted molar refractivity (Wildman–Crippen MR) is 83.4 cm³/mol. The Kier molecular flexibility index (Phi) is 4.61. The molecule has 0 spiro atoms. The van der Waals surface area contributed by atoms with E-state index in [0.29, 0.717) is 5.75 Å². The summed E-state index contributed by atoms with van der Waals surface area (Å²) in [6, 6.07) is 7.24. The third kappa shape index (κ3) is 4.00. The topological polar surface area (TPSA) is 55.4 Å². The molecule has 4 nitrogen and oxygen atoms in total. The number of rotatable bonds is 3. The summed E-state index contributed by atoms with van der Waals surface area (Å²) in [5.74, 6) is -0.0108. The van der Waals surface area contributed by atoms with Crippen LogP contribution < -0.4 is 5.32 Å². The lowest BCUT2D eigenvalue weighted by molar-refractivity contribution is -0.158. The van der Waals surface area contributed by atoms with Crippen molar-refractivity contribution in [2.24, 2.45) is 0 Å². The zero-order chi connectivity index (χ0) is 15.6. The smallest absolute Gasteiger partial charge is 0.328 e. The maximum atomic E-state index is 12.4. The Hall–Kier alpha value is -1.49. The Morgan fingerprint density at radius 1 is 1.33 bits per heavy atom. The molecule has 5 heteroatoms. The molecule has 1 aromatic carbocycles. The van der Waals surface area contributed by atoms with E-state index in [1.54, 1.807) is 18.7 Å². The first-order valence-corrected chi connectivity index (χ1v) is 8.01. The fourth-order valence-corrected chi connectivity index (χ4v) is 3.37. The molecule has 0 saturated carbocycles. The van der Waals surface area contributed by atoms with E-state index in [4.69, 9.17) is 4.74 Å². The van der Waals surface area contributed by atoms with Gasteiger partial charge in [-0.2, -0.15) is 0 Å². The first kappa shape index (κ1) is 15.9. The highest BCUT2D eigenvalue weighted by Gasteiger charge is 2.31. The van der Waals surface area contributed by atoms with Crippen molar-refractivity contribution in [2.75, 3.05) is 5.75 Å². The van der Waals surface area contributed by atoms with E-state index in [2.05, 4.69) is 5.32 Å². The summed E-state index contributed by atoms with van der Waals surface area (Å²) in [5, 5.41) is 2.76. The average Bonchev–Trinajstić information content (AvgIpc) is 2.80. The van der Waals surface area contributed by atoms with Gasteiger partial charge in [-0.1, -0.05) is 18.2 Å². The second-order valence-electron chi connectivity index (χ2n) is 6.17. The molecule has 21 heavy (non-hydrogen) atoms. The van der Waals surface area contributed by atoms with Crippen LogP contribution in [0.25, 0.3) is 0 Å². The van der Waals surface area contributed by atoms with Gasteiger partial charge in [0.05, 0.1) is 5.92 Å². The molecule has 2 rings (SSSR count). The van der Waals surface area contributed by atoms with Gasteiger partial charge in [-0.15, -0.1) is 11.8 Å². The van der Waals surface area contributed by atoms with Gasteiger partial charge in [0.1, 0.15) is 11.6 Å². The van der Waals surface area contributed by atoms with Gasteiger partial charge < -0.3 is 10.1 Å². The fourth-order valence-electron chi connectivity index (χ4n) is 2.14. The maximum absolute atomic E-state index is 12.4. The molecule has 1 aliphatic rings. The summed E-state index contributed by atoms with van der Waals surface area (Å²) < 4.78 is 5.27. The number of thioether (sulfide) groups is 1. The summed E-state index contributed by atoms with van der Waals surface area (Å²) in [6.45, 7) is 7.08. The van der Waals surface area contributed by atoms with Crippen LogP contribution in [0.2, 0.25) is 0 Å². The molecule has 0 bridgehead atoms. The highest BCUT2D eigenvalue weighted by atomic mass is 32.2. The molecule has 1 amide bonds.